The van der Waals surface area contributed by atoms with E-state index in [4.69, 9.17) is 0 Å². The van der Waals surface area contributed by atoms with E-state index in [0.29, 0.717) is 6.04 Å². The van der Waals surface area contributed by atoms with Crippen LogP contribution in [-0.2, 0) is 0 Å². The number of rotatable bonds is 2. The molecule has 0 aromatic carbocycles. The van der Waals surface area contributed by atoms with Crippen molar-refractivity contribution >= 4 is 11.5 Å². The van der Waals surface area contributed by atoms with Crippen molar-refractivity contribution in [3.63, 3.8) is 0 Å². The van der Waals surface area contributed by atoms with Gasteiger partial charge in [0.25, 0.3) is 0 Å². The lowest BCUT2D eigenvalue weighted by Crippen LogP contribution is -2.30. The van der Waals surface area contributed by atoms with Gasteiger partial charge in [-0.1, -0.05) is 0 Å². The van der Waals surface area contributed by atoms with Crippen molar-refractivity contribution in [1.82, 2.24) is 19.9 Å². The first kappa shape index (κ1) is 10.5. The molecule has 3 rings (SSSR count). The zero-order valence-electron chi connectivity index (χ0n) is 10.2. The number of aromatic nitrogens is 3. The van der Waals surface area contributed by atoms with Gasteiger partial charge in [0.1, 0.15) is 5.82 Å². The van der Waals surface area contributed by atoms with Crippen molar-refractivity contribution in [3.05, 3.63) is 24.0 Å². The lowest BCUT2D eigenvalue weighted by atomic mass is 10.3. The van der Waals surface area contributed by atoms with E-state index in [1.807, 2.05) is 30.8 Å². The van der Waals surface area contributed by atoms with Crippen LogP contribution in [0.3, 0.4) is 0 Å². The molecule has 5 nitrogen and oxygen atoms in total. The molecule has 17 heavy (non-hydrogen) atoms. The van der Waals surface area contributed by atoms with E-state index in [-0.39, 0.29) is 0 Å². The van der Waals surface area contributed by atoms with Crippen LogP contribution in [0.4, 0.5) is 5.82 Å². The van der Waals surface area contributed by atoms with E-state index in [0.717, 1.165) is 30.2 Å². The number of nitrogens with zero attached hydrogens (tertiary/aromatic N) is 4. The van der Waals surface area contributed by atoms with Crippen LogP contribution < -0.4 is 10.2 Å². The first-order valence-electron chi connectivity index (χ1n) is 6.01. The number of nitrogens with one attached hydrogen (secondary N) is 1. The normalized spacial score (nSPS) is 20.4. The minimum absolute atomic E-state index is 0.580. The zero-order chi connectivity index (χ0) is 11.8. The van der Waals surface area contributed by atoms with Gasteiger partial charge in [0.05, 0.1) is 11.9 Å². The smallest absolute Gasteiger partial charge is 0.153 e. The molecule has 1 aliphatic heterocycles. The van der Waals surface area contributed by atoms with Crippen molar-refractivity contribution in [1.29, 1.82) is 0 Å². The lowest BCUT2D eigenvalue weighted by molar-refractivity contribution is 0.616. The zero-order valence-corrected chi connectivity index (χ0v) is 10.2. The second-order valence-corrected chi connectivity index (χ2v) is 4.58. The van der Waals surface area contributed by atoms with Gasteiger partial charge in [-0.15, -0.1) is 5.10 Å². The van der Waals surface area contributed by atoms with Gasteiger partial charge in [-0.05, 0) is 32.5 Å². The highest BCUT2D eigenvalue weighted by Crippen LogP contribution is 2.18. The van der Waals surface area contributed by atoms with Gasteiger partial charge in [0.15, 0.2) is 5.65 Å². The summed E-state index contributed by atoms with van der Waals surface area (Å²) in [5, 5.41) is 7.96. The van der Waals surface area contributed by atoms with E-state index in [9.17, 15) is 0 Å². The quantitative estimate of drug-likeness (QED) is 0.832. The molecule has 0 spiro atoms. The second kappa shape index (κ2) is 4.00. The summed E-state index contributed by atoms with van der Waals surface area (Å²) in [6.07, 6.45) is 3.03. The summed E-state index contributed by atoms with van der Waals surface area (Å²) in [7, 11) is 2.02. The number of anilines is 1. The topological polar surface area (TPSA) is 45.5 Å². The van der Waals surface area contributed by atoms with Crippen molar-refractivity contribution in [3.8, 4) is 0 Å². The molecule has 1 atom stereocenters. The summed E-state index contributed by atoms with van der Waals surface area (Å²) in [5.74, 6) is 1.04. The van der Waals surface area contributed by atoms with E-state index < -0.39 is 0 Å². The Hall–Kier alpha value is -1.62. The summed E-state index contributed by atoms with van der Waals surface area (Å²) < 4.78 is 1.90. The maximum atomic E-state index is 4.64. The number of likely N-dealkylation sites (N-methyl/N-ethyl adjacent to an activating group) is 1. The van der Waals surface area contributed by atoms with Gasteiger partial charge in [0, 0.05) is 19.1 Å². The Labute approximate surface area is 100 Å². The van der Waals surface area contributed by atoms with Gasteiger partial charge in [-0.3, -0.25) is 0 Å². The largest absolute Gasteiger partial charge is 0.354 e. The van der Waals surface area contributed by atoms with Crippen molar-refractivity contribution in [2.75, 3.05) is 25.0 Å². The van der Waals surface area contributed by atoms with Gasteiger partial charge in [-0.25, -0.2) is 9.50 Å². The molecular formula is C12H17N5. The van der Waals surface area contributed by atoms with Crippen LogP contribution >= 0.6 is 0 Å². The fourth-order valence-electron chi connectivity index (χ4n) is 2.35. The maximum Gasteiger partial charge on any atom is 0.153 e. The van der Waals surface area contributed by atoms with E-state index in [1.165, 1.54) is 6.42 Å². The highest BCUT2D eigenvalue weighted by molar-refractivity contribution is 5.47. The van der Waals surface area contributed by atoms with Crippen LogP contribution in [0, 0.1) is 6.92 Å². The Morgan fingerprint density at radius 2 is 2.29 bits per heavy atom. The molecule has 90 valence electrons. The molecule has 2 aromatic heterocycles. The summed E-state index contributed by atoms with van der Waals surface area (Å²) >= 11 is 0. The number of imidazole rings is 1. The molecule has 1 N–H and O–H groups in total. The molecule has 1 aliphatic rings. The Morgan fingerprint density at radius 1 is 1.41 bits per heavy atom. The minimum Gasteiger partial charge on any atom is -0.354 e. The number of fused-ring (bicyclic) bond motifs is 1. The summed E-state index contributed by atoms with van der Waals surface area (Å²) in [6.45, 7) is 4.12. The van der Waals surface area contributed by atoms with E-state index >= 15 is 0 Å². The molecule has 5 heteroatoms. The SMILES string of the molecule is CN[C@H]1CCN(c2ccc3ncc(C)n3n2)C1. The van der Waals surface area contributed by atoms with Crippen molar-refractivity contribution < 1.29 is 0 Å². The van der Waals surface area contributed by atoms with Crippen molar-refractivity contribution in [2.24, 2.45) is 0 Å². The summed E-state index contributed by atoms with van der Waals surface area (Å²) in [4.78, 5) is 6.61. The van der Waals surface area contributed by atoms with Crippen molar-refractivity contribution in [2.45, 2.75) is 19.4 Å². The van der Waals surface area contributed by atoms with Gasteiger partial charge < -0.3 is 10.2 Å². The molecule has 0 radical (unpaired) electrons. The molecule has 2 aromatic rings. The van der Waals surface area contributed by atoms with Crippen LogP contribution in [0.25, 0.3) is 5.65 Å². The predicted octanol–water partition coefficient (Wildman–Crippen LogP) is 0.836. The van der Waals surface area contributed by atoms with Crippen LogP contribution in [0.2, 0.25) is 0 Å². The molecular weight excluding hydrogens is 214 g/mol. The van der Waals surface area contributed by atoms with Crippen LogP contribution in [0.15, 0.2) is 18.3 Å². The predicted molar refractivity (Wildman–Crippen MR) is 67.4 cm³/mol. The Morgan fingerprint density at radius 3 is 3.06 bits per heavy atom. The lowest BCUT2D eigenvalue weighted by Gasteiger charge is -2.17. The molecule has 1 fully saturated rings. The fourth-order valence-corrected chi connectivity index (χ4v) is 2.35. The first-order chi connectivity index (χ1) is 8.28. The standard InChI is InChI=1S/C12H17N5/c1-9-7-14-11-3-4-12(15-17(9)11)16-6-5-10(8-16)13-2/h3-4,7,10,13H,5-6,8H2,1-2H3/t10-/m0/s1. The highest BCUT2D eigenvalue weighted by atomic mass is 15.3. The Balaban J connectivity index is 1.93. The molecule has 1 saturated heterocycles. The average Bonchev–Trinajstić information content (AvgIpc) is 2.96. The second-order valence-electron chi connectivity index (χ2n) is 4.58. The fraction of sp³-hybridized carbons (Fsp3) is 0.500. The summed E-state index contributed by atoms with van der Waals surface area (Å²) in [6, 6.07) is 4.67. The third-order valence-corrected chi connectivity index (χ3v) is 3.44. The molecule has 0 saturated carbocycles. The Kier molecular flexibility index (Phi) is 2.48. The molecule has 0 unspecified atom stereocenters. The number of hydrogen-bond donors (Lipinski definition) is 1. The molecule has 0 bridgehead atoms. The first-order valence-corrected chi connectivity index (χ1v) is 6.01. The van der Waals surface area contributed by atoms with Crippen LogP contribution in [-0.4, -0.2) is 40.8 Å². The number of aryl methyl sites for hydroxylation is 1. The molecule has 3 heterocycles. The number of hydrogen-bond acceptors (Lipinski definition) is 4. The maximum absolute atomic E-state index is 4.64. The van der Waals surface area contributed by atoms with Crippen LogP contribution in [0.5, 0.6) is 0 Å². The van der Waals surface area contributed by atoms with Crippen LogP contribution in [0.1, 0.15) is 12.1 Å². The van der Waals surface area contributed by atoms with Gasteiger partial charge in [0.2, 0.25) is 0 Å². The third kappa shape index (κ3) is 1.76. The van der Waals surface area contributed by atoms with E-state index in [1.54, 1.807) is 0 Å². The van der Waals surface area contributed by atoms with Gasteiger partial charge >= 0.3 is 0 Å². The summed E-state index contributed by atoms with van der Waals surface area (Å²) in [5.41, 5.74) is 1.99. The molecule has 0 amide bonds. The minimum atomic E-state index is 0.580. The van der Waals surface area contributed by atoms with Gasteiger partial charge in [-0.2, -0.15) is 0 Å². The Bertz CT molecular complexity index is 533. The molecule has 0 aliphatic carbocycles. The highest BCUT2D eigenvalue weighted by Gasteiger charge is 2.22. The average molecular weight is 231 g/mol. The monoisotopic (exact) mass is 231 g/mol. The third-order valence-electron chi connectivity index (χ3n) is 3.44. The van der Waals surface area contributed by atoms with E-state index in [2.05, 4.69) is 26.4 Å².